The van der Waals surface area contributed by atoms with E-state index in [9.17, 15) is 4.79 Å². The summed E-state index contributed by atoms with van der Waals surface area (Å²) in [6, 6.07) is 6.46. The van der Waals surface area contributed by atoms with E-state index in [1.165, 1.54) is 0 Å². The van der Waals surface area contributed by atoms with E-state index in [0.717, 1.165) is 41.2 Å². The first kappa shape index (κ1) is 17.2. The SMILES string of the molecule is CC1CN(C(=O)c2cc(-c3cccs3)nc3c2cnn3C(C)C)CCN1. The maximum atomic E-state index is 13.3. The first-order valence-electron chi connectivity index (χ1n) is 8.99. The van der Waals surface area contributed by atoms with Crippen LogP contribution in [0.2, 0.25) is 0 Å². The highest BCUT2D eigenvalue weighted by atomic mass is 32.1. The minimum absolute atomic E-state index is 0.0619. The number of aromatic nitrogens is 3. The molecule has 0 bridgehead atoms. The van der Waals surface area contributed by atoms with Gasteiger partial charge in [0.15, 0.2) is 5.65 Å². The first-order chi connectivity index (χ1) is 12.5. The van der Waals surface area contributed by atoms with Gasteiger partial charge in [0, 0.05) is 31.7 Å². The molecular formula is C19H23N5OS. The van der Waals surface area contributed by atoms with Crippen LogP contribution in [-0.2, 0) is 0 Å². The standard InChI is InChI=1S/C19H23N5OS/c1-12(2)24-18-15(10-21-24)14(9-16(22-18)17-5-4-8-26-17)19(25)23-7-6-20-13(3)11-23/h4-5,8-10,12-13,20H,6-7,11H2,1-3H3. The summed E-state index contributed by atoms with van der Waals surface area (Å²) in [5.41, 5.74) is 2.30. The van der Waals surface area contributed by atoms with Crippen LogP contribution in [0.25, 0.3) is 21.6 Å². The summed E-state index contributed by atoms with van der Waals surface area (Å²) in [7, 11) is 0. The van der Waals surface area contributed by atoms with Gasteiger partial charge in [0.2, 0.25) is 0 Å². The molecule has 1 amide bonds. The van der Waals surface area contributed by atoms with Crippen molar-refractivity contribution in [2.75, 3.05) is 19.6 Å². The summed E-state index contributed by atoms with van der Waals surface area (Å²) >= 11 is 1.63. The van der Waals surface area contributed by atoms with E-state index in [2.05, 4.69) is 31.2 Å². The van der Waals surface area contributed by atoms with Crippen LogP contribution in [0.15, 0.2) is 29.8 Å². The molecule has 1 aliphatic heterocycles. The molecule has 1 fully saturated rings. The fraction of sp³-hybridized carbons (Fsp3) is 0.421. The maximum Gasteiger partial charge on any atom is 0.254 e. The van der Waals surface area contributed by atoms with Crippen molar-refractivity contribution in [3.8, 4) is 10.6 Å². The van der Waals surface area contributed by atoms with Crippen molar-refractivity contribution in [1.29, 1.82) is 0 Å². The summed E-state index contributed by atoms with van der Waals surface area (Å²) in [4.78, 5) is 21.1. The number of pyridine rings is 1. The Bertz CT molecular complexity index is 931. The number of carbonyl (C=O) groups is 1. The Labute approximate surface area is 156 Å². The lowest BCUT2D eigenvalue weighted by Crippen LogP contribution is -2.51. The molecule has 0 aliphatic carbocycles. The molecular weight excluding hydrogens is 346 g/mol. The van der Waals surface area contributed by atoms with Crippen molar-refractivity contribution in [2.45, 2.75) is 32.9 Å². The van der Waals surface area contributed by atoms with Gasteiger partial charge in [-0.2, -0.15) is 5.10 Å². The molecule has 0 spiro atoms. The highest BCUT2D eigenvalue weighted by Gasteiger charge is 2.25. The van der Waals surface area contributed by atoms with Crippen molar-refractivity contribution in [2.24, 2.45) is 0 Å². The van der Waals surface area contributed by atoms with Crippen LogP contribution in [0.4, 0.5) is 0 Å². The Hall–Kier alpha value is -2.25. The van der Waals surface area contributed by atoms with Gasteiger partial charge in [-0.15, -0.1) is 11.3 Å². The monoisotopic (exact) mass is 369 g/mol. The lowest BCUT2D eigenvalue weighted by atomic mass is 10.1. The Morgan fingerprint density at radius 1 is 1.42 bits per heavy atom. The third kappa shape index (κ3) is 3.01. The molecule has 6 nitrogen and oxygen atoms in total. The number of hydrogen-bond donors (Lipinski definition) is 1. The summed E-state index contributed by atoms with van der Waals surface area (Å²) in [6.45, 7) is 8.52. The van der Waals surface area contributed by atoms with Crippen LogP contribution in [-0.4, -0.2) is 51.2 Å². The number of fused-ring (bicyclic) bond motifs is 1. The van der Waals surface area contributed by atoms with Crippen LogP contribution < -0.4 is 5.32 Å². The second-order valence-electron chi connectivity index (χ2n) is 7.06. The molecule has 136 valence electrons. The lowest BCUT2D eigenvalue weighted by molar-refractivity contribution is 0.0711. The largest absolute Gasteiger partial charge is 0.336 e. The second kappa shape index (κ2) is 6.81. The van der Waals surface area contributed by atoms with Crippen molar-refractivity contribution < 1.29 is 4.79 Å². The summed E-state index contributed by atoms with van der Waals surface area (Å²) in [5.74, 6) is 0.0619. The summed E-state index contributed by atoms with van der Waals surface area (Å²) in [6.07, 6.45) is 1.78. The van der Waals surface area contributed by atoms with Crippen molar-refractivity contribution >= 4 is 28.3 Å². The molecule has 3 aromatic heterocycles. The lowest BCUT2D eigenvalue weighted by Gasteiger charge is -2.32. The average molecular weight is 369 g/mol. The van der Waals surface area contributed by atoms with Gasteiger partial charge in [0.1, 0.15) is 0 Å². The number of nitrogens with one attached hydrogen (secondary N) is 1. The fourth-order valence-electron chi connectivity index (χ4n) is 3.41. The van der Waals surface area contributed by atoms with Crippen molar-refractivity contribution in [3.63, 3.8) is 0 Å². The number of rotatable bonds is 3. The van der Waals surface area contributed by atoms with Gasteiger partial charge in [-0.05, 0) is 38.3 Å². The van der Waals surface area contributed by atoms with E-state index in [0.29, 0.717) is 11.6 Å². The number of nitrogens with zero attached hydrogens (tertiary/aromatic N) is 4. The molecule has 4 rings (SSSR count). The molecule has 7 heteroatoms. The van der Waals surface area contributed by atoms with Gasteiger partial charge in [-0.25, -0.2) is 9.67 Å². The topological polar surface area (TPSA) is 63.1 Å². The zero-order chi connectivity index (χ0) is 18.3. The fourth-order valence-corrected chi connectivity index (χ4v) is 4.10. The van der Waals surface area contributed by atoms with Crippen LogP contribution >= 0.6 is 11.3 Å². The molecule has 1 N–H and O–H groups in total. The molecule has 3 aromatic rings. The normalized spacial score (nSPS) is 18.0. The third-order valence-electron chi connectivity index (χ3n) is 4.72. The highest BCUT2D eigenvalue weighted by Crippen LogP contribution is 2.29. The van der Waals surface area contributed by atoms with Gasteiger partial charge in [-0.3, -0.25) is 4.79 Å². The van der Waals surface area contributed by atoms with Crippen LogP contribution in [0, 0.1) is 0 Å². The van der Waals surface area contributed by atoms with E-state index < -0.39 is 0 Å². The zero-order valence-corrected chi connectivity index (χ0v) is 16.1. The van der Waals surface area contributed by atoms with E-state index >= 15 is 0 Å². The molecule has 1 atom stereocenters. The summed E-state index contributed by atoms with van der Waals surface area (Å²) in [5, 5.41) is 10.7. The van der Waals surface area contributed by atoms with Gasteiger partial charge in [0.25, 0.3) is 5.91 Å². The van der Waals surface area contributed by atoms with Gasteiger partial charge >= 0.3 is 0 Å². The van der Waals surface area contributed by atoms with Gasteiger partial charge in [-0.1, -0.05) is 6.07 Å². The molecule has 0 radical (unpaired) electrons. The van der Waals surface area contributed by atoms with Crippen molar-refractivity contribution in [1.82, 2.24) is 25.0 Å². The average Bonchev–Trinajstić information content (AvgIpc) is 3.29. The van der Waals surface area contributed by atoms with E-state index in [1.807, 2.05) is 33.2 Å². The number of piperazine rings is 1. The molecule has 0 saturated carbocycles. The summed E-state index contributed by atoms with van der Waals surface area (Å²) < 4.78 is 1.89. The molecule has 1 saturated heterocycles. The number of amides is 1. The Kier molecular flexibility index (Phi) is 4.50. The van der Waals surface area contributed by atoms with Crippen molar-refractivity contribution in [3.05, 3.63) is 35.3 Å². The molecule has 1 aliphatic rings. The predicted octanol–water partition coefficient (Wildman–Crippen LogP) is 3.17. The van der Waals surface area contributed by atoms with E-state index in [4.69, 9.17) is 4.98 Å². The number of thiophene rings is 1. The Morgan fingerprint density at radius 2 is 2.27 bits per heavy atom. The molecule has 4 heterocycles. The van der Waals surface area contributed by atoms with Gasteiger partial charge < -0.3 is 10.2 Å². The van der Waals surface area contributed by atoms with E-state index in [1.54, 1.807) is 17.5 Å². The zero-order valence-electron chi connectivity index (χ0n) is 15.3. The maximum absolute atomic E-state index is 13.3. The smallest absolute Gasteiger partial charge is 0.254 e. The minimum atomic E-state index is 0.0619. The number of carbonyl (C=O) groups excluding carboxylic acids is 1. The van der Waals surface area contributed by atoms with Crippen LogP contribution in [0.5, 0.6) is 0 Å². The molecule has 0 aromatic carbocycles. The van der Waals surface area contributed by atoms with E-state index in [-0.39, 0.29) is 11.9 Å². The predicted molar refractivity (Wildman–Crippen MR) is 105 cm³/mol. The highest BCUT2D eigenvalue weighted by molar-refractivity contribution is 7.13. The minimum Gasteiger partial charge on any atom is -0.336 e. The first-order valence-corrected chi connectivity index (χ1v) is 9.87. The Balaban J connectivity index is 1.85. The molecule has 1 unspecified atom stereocenters. The number of hydrogen-bond acceptors (Lipinski definition) is 5. The third-order valence-corrected chi connectivity index (χ3v) is 5.61. The Morgan fingerprint density at radius 3 is 2.96 bits per heavy atom. The quantitative estimate of drug-likeness (QED) is 0.770. The van der Waals surface area contributed by atoms with Crippen LogP contribution in [0.1, 0.15) is 37.2 Å². The second-order valence-corrected chi connectivity index (χ2v) is 8.01. The molecule has 26 heavy (non-hydrogen) atoms. The van der Waals surface area contributed by atoms with Gasteiger partial charge in [0.05, 0.1) is 27.7 Å². The van der Waals surface area contributed by atoms with Crippen LogP contribution in [0.3, 0.4) is 0 Å².